The van der Waals surface area contributed by atoms with Crippen molar-refractivity contribution in [2.75, 3.05) is 24.7 Å². The first-order valence-corrected chi connectivity index (χ1v) is 9.47. The quantitative estimate of drug-likeness (QED) is 0.849. The number of thioether (sulfide) groups is 1. The first-order chi connectivity index (χ1) is 10.1. The molecule has 3 atom stereocenters. The molecule has 3 aliphatic heterocycles. The van der Waals surface area contributed by atoms with Gasteiger partial charge in [-0.15, -0.1) is 0 Å². The Labute approximate surface area is 131 Å². The van der Waals surface area contributed by atoms with Crippen molar-refractivity contribution in [1.82, 2.24) is 4.90 Å². The predicted molar refractivity (Wildman–Crippen MR) is 84.8 cm³/mol. The van der Waals surface area contributed by atoms with Gasteiger partial charge in [-0.05, 0) is 62.5 Å². The van der Waals surface area contributed by atoms with Gasteiger partial charge in [0.2, 0.25) is 0 Å². The van der Waals surface area contributed by atoms with Gasteiger partial charge in [0, 0.05) is 12.6 Å². The van der Waals surface area contributed by atoms with Crippen LogP contribution in [0.2, 0.25) is 0 Å². The molecule has 1 spiro atoms. The van der Waals surface area contributed by atoms with Crippen molar-refractivity contribution in [2.24, 2.45) is 5.92 Å². The Hall–Kier alpha value is -0.260. The zero-order chi connectivity index (χ0) is 14.9. The van der Waals surface area contributed by atoms with Crippen molar-refractivity contribution in [2.45, 2.75) is 63.1 Å². The Morgan fingerprint density at radius 2 is 2.10 bits per heavy atom. The second-order valence-corrected chi connectivity index (χ2v) is 8.16. The third-order valence-electron chi connectivity index (χ3n) is 5.57. The van der Waals surface area contributed by atoms with Gasteiger partial charge in [-0.25, -0.2) is 0 Å². The third-order valence-corrected chi connectivity index (χ3v) is 6.55. The molecule has 0 bridgehead atoms. The van der Waals surface area contributed by atoms with E-state index in [-0.39, 0.29) is 17.6 Å². The monoisotopic (exact) mass is 313 g/mol. The average molecular weight is 313 g/mol. The van der Waals surface area contributed by atoms with Crippen LogP contribution in [0.3, 0.4) is 0 Å². The fourth-order valence-electron chi connectivity index (χ4n) is 4.39. The Bertz CT molecular complexity index is 378. The minimum Gasteiger partial charge on any atom is -0.480 e. The van der Waals surface area contributed by atoms with E-state index in [0.29, 0.717) is 6.04 Å². The van der Waals surface area contributed by atoms with Crippen molar-refractivity contribution >= 4 is 17.7 Å². The molecule has 120 valence electrons. The summed E-state index contributed by atoms with van der Waals surface area (Å²) < 4.78 is 6.16. The van der Waals surface area contributed by atoms with Crippen LogP contribution in [-0.4, -0.2) is 58.3 Å². The number of carboxylic acids is 1. The number of rotatable bonds is 2. The number of carbonyl (C=O) groups is 1. The number of aliphatic carboxylic acids is 1. The molecule has 3 aliphatic rings. The Kier molecular flexibility index (Phi) is 4.81. The minimum absolute atomic E-state index is 0.0396. The van der Waals surface area contributed by atoms with Crippen molar-refractivity contribution in [3.05, 3.63) is 0 Å². The standard InChI is InChI=1S/C16H27NO3S/c1-12-3-2-7-17(14(12)15(18)19)13-4-8-20-16(11-13)5-9-21-10-6-16/h12-14H,2-11H2,1H3,(H,18,19). The molecule has 0 aromatic heterocycles. The highest BCUT2D eigenvalue weighted by atomic mass is 32.2. The van der Waals surface area contributed by atoms with Gasteiger partial charge in [0.05, 0.1) is 5.60 Å². The smallest absolute Gasteiger partial charge is 0.321 e. The zero-order valence-corrected chi connectivity index (χ0v) is 13.7. The summed E-state index contributed by atoms with van der Waals surface area (Å²) in [4.78, 5) is 14.0. The fourth-order valence-corrected chi connectivity index (χ4v) is 5.63. The SMILES string of the molecule is CC1CCCN(C2CCOC3(CCSCC3)C2)C1C(=O)O. The molecule has 21 heavy (non-hydrogen) atoms. The van der Waals surface area contributed by atoms with Crippen LogP contribution < -0.4 is 0 Å². The second kappa shape index (κ2) is 6.47. The number of hydrogen-bond acceptors (Lipinski definition) is 4. The molecule has 1 N–H and O–H groups in total. The van der Waals surface area contributed by atoms with Crippen molar-refractivity contribution in [1.29, 1.82) is 0 Å². The highest BCUT2D eigenvalue weighted by Gasteiger charge is 2.44. The van der Waals surface area contributed by atoms with Crippen LogP contribution in [0.15, 0.2) is 0 Å². The maximum atomic E-state index is 11.7. The summed E-state index contributed by atoms with van der Waals surface area (Å²) in [5, 5.41) is 9.64. The van der Waals surface area contributed by atoms with Crippen LogP contribution in [0.4, 0.5) is 0 Å². The van der Waals surface area contributed by atoms with Crippen LogP contribution in [0, 0.1) is 5.92 Å². The van der Waals surface area contributed by atoms with E-state index in [1.165, 1.54) is 11.5 Å². The van der Waals surface area contributed by atoms with Gasteiger partial charge < -0.3 is 9.84 Å². The van der Waals surface area contributed by atoms with E-state index in [1.807, 2.05) is 11.8 Å². The lowest BCUT2D eigenvalue weighted by Gasteiger charge is -2.49. The fraction of sp³-hybridized carbons (Fsp3) is 0.938. The lowest BCUT2D eigenvalue weighted by Crippen LogP contribution is -2.58. The molecule has 4 nitrogen and oxygen atoms in total. The number of piperidine rings is 1. The molecule has 3 fully saturated rings. The summed E-state index contributed by atoms with van der Waals surface area (Å²) in [6.07, 6.45) is 6.46. The molecule has 0 aromatic carbocycles. The van der Waals surface area contributed by atoms with E-state index in [9.17, 15) is 9.90 Å². The van der Waals surface area contributed by atoms with E-state index in [4.69, 9.17) is 4.74 Å². The first kappa shape index (κ1) is 15.6. The molecule has 0 saturated carbocycles. The molecule has 3 saturated heterocycles. The van der Waals surface area contributed by atoms with Gasteiger partial charge in [-0.1, -0.05) is 6.92 Å². The number of carboxylic acid groups (broad SMARTS) is 1. The van der Waals surface area contributed by atoms with Crippen LogP contribution in [-0.2, 0) is 9.53 Å². The molecular formula is C16H27NO3S. The normalized spacial score (nSPS) is 37.5. The zero-order valence-electron chi connectivity index (χ0n) is 12.9. The summed E-state index contributed by atoms with van der Waals surface area (Å²) in [5.41, 5.74) is 0.0396. The van der Waals surface area contributed by atoms with Crippen LogP contribution in [0.25, 0.3) is 0 Å². The van der Waals surface area contributed by atoms with Crippen LogP contribution in [0.1, 0.15) is 45.4 Å². The van der Waals surface area contributed by atoms with Gasteiger partial charge >= 0.3 is 5.97 Å². The minimum atomic E-state index is -0.637. The molecule has 0 aliphatic carbocycles. The summed E-state index contributed by atoms with van der Waals surface area (Å²) >= 11 is 2.02. The van der Waals surface area contributed by atoms with Gasteiger partial charge in [0.15, 0.2) is 0 Å². The first-order valence-electron chi connectivity index (χ1n) is 8.32. The number of hydrogen-bond donors (Lipinski definition) is 1. The summed E-state index contributed by atoms with van der Waals surface area (Å²) in [6, 6.07) is 0.0996. The highest BCUT2D eigenvalue weighted by Crippen LogP contribution is 2.40. The van der Waals surface area contributed by atoms with E-state index in [0.717, 1.165) is 51.7 Å². The summed E-state index contributed by atoms with van der Waals surface area (Å²) in [5.74, 6) is 2.00. The Balaban J connectivity index is 1.73. The average Bonchev–Trinajstić information content (AvgIpc) is 2.47. The molecule has 3 unspecified atom stereocenters. The van der Waals surface area contributed by atoms with E-state index in [1.54, 1.807) is 0 Å². The maximum Gasteiger partial charge on any atom is 0.321 e. The lowest BCUT2D eigenvalue weighted by molar-refractivity contribution is -0.155. The van der Waals surface area contributed by atoms with Crippen LogP contribution >= 0.6 is 11.8 Å². The van der Waals surface area contributed by atoms with Crippen LogP contribution in [0.5, 0.6) is 0 Å². The van der Waals surface area contributed by atoms with Crippen molar-refractivity contribution < 1.29 is 14.6 Å². The summed E-state index contributed by atoms with van der Waals surface area (Å²) in [7, 11) is 0. The number of nitrogens with zero attached hydrogens (tertiary/aromatic N) is 1. The molecule has 5 heteroatoms. The largest absolute Gasteiger partial charge is 0.480 e. The van der Waals surface area contributed by atoms with Crippen molar-refractivity contribution in [3.63, 3.8) is 0 Å². The molecule has 0 aromatic rings. The van der Waals surface area contributed by atoms with E-state index < -0.39 is 5.97 Å². The van der Waals surface area contributed by atoms with E-state index >= 15 is 0 Å². The topological polar surface area (TPSA) is 49.8 Å². The van der Waals surface area contributed by atoms with Gasteiger partial charge in [0.1, 0.15) is 6.04 Å². The molecule has 3 rings (SSSR count). The highest BCUT2D eigenvalue weighted by molar-refractivity contribution is 7.99. The van der Waals surface area contributed by atoms with Crippen molar-refractivity contribution in [3.8, 4) is 0 Å². The molecule has 0 radical (unpaired) electrons. The predicted octanol–water partition coefficient (Wildman–Crippen LogP) is 2.62. The molecule has 3 heterocycles. The summed E-state index contributed by atoms with van der Waals surface area (Å²) in [6.45, 7) is 3.83. The van der Waals surface area contributed by atoms with E-state index in [2.05, 4.69) is 11.8 Å². The maximum absolute atomic E-state index is 11.7. The number of likely N-dealkylation sites (tertiary alicyclic amines) is 1. The number of ether oxygens (including phenoxy) is 1. The van der Waals surface area contributed by atoms with Gasteiger partial charge in [-0.2, -0.15) is 11.8 Å². The molecule has 0 amide bonds. The van der Waals surface area contributed by atoms with Gasteiger partial charge in [-0.3, -0.25) is 9.69 Å². The Morgan fingerprint density at radius 3 is 2.81 bits per heavy atom. The van der Waals surface area contributed by atoms with Gasteiger partial charge in [0.25, 0.3) is 0 Å². The second-order valence-electron chi connectivity index (χ2n) is 6.93. The third kappa shape index (κ3) is 3.25. The lowest BCUT2D eigenvalue weighted by atomic mass is 9.82. The Morgan fingerprint density at radius 1 is 1.33 bits per heavy atom. The molecular weight excluding hydrogens is 286 g/mol.